The molecule has 0 saturated heterocycles. The molecule has 0 atom stereocenters. The summed E-state index contributed by atoms with van der Waals surface area (Å²) in [5, 5.41) is 11.4. The summed E-state index contributed by atoms with van der Waals surface area (Å²) in [6, 6.07) is 7.97. The zero-order valence-electron chi connectivity index (χ0n) is 11.4. The van der Waals surface area contributed by atoms with Gasteiger partial charge in [0.2, 0.25) is 0 Å². The van der Waals surface area contributed by atoms with E-state index in [-0.39, 0.29) is 11.4 Å². The van der Waals surface area contributed by atoms with Crippen LogP contribution < -0.4 is 10.5 Å². The molecular weight excluding hydrogens is 292 g/mol. The number of aryl methyl sites for hydroxylation is 1. The van der Waals surface area contributed by atoms with E-state index in [9.17, 15) is 10.1 Å². The molecule has 0 amide bonds. The fourth-order valence-corrected chi connectivity index (χ4v) is 2.37. The highest BCUT2D eigenvalue weighted by molar-refractivity contribution is 7.99. The first-order chi connectivity index (χ1) is 10.1. The van der Waals surface area contributed by atoms with Crippen molar-refractivity contribution in [1.29, 1.82) is 0 Å². The Hall–Kier alpha value is -2.35. The number of nitrogen functional groups attached to an aromatic ring is 1. The van der Waals surface area contributed by atoms with E-state index in [1.807, 2.05) is 6.92 Å². The second kappa shape index (κ2) is 6.89. The molecule has 0 saturated carbocycles. The second-order valence-corrected chi connectivity index (χ2v) is 5.20. The number of aromatic nitrogens is 2. The predicted molar refractivity (Wildman–Crippen MR) is 80.5 cm³/mol. The number of thioether (sulfide) groups is 1. The van der Waals surface area contributed by atoms with Crippen LogP contribution in [0.1, 0.15) is 5.69 Å². The molecule has 0 aliphatic heterocycles. The van der Waals surface area contributed by atoms with Gasteiger partial charge in [0, 0.05) is 23.6 Å². The van der Waals surface area contributed by atoms with Crippen LogP contribution in [0.5, 0.6) is 5.75 Å². The fourth-order valence-electron chi connectivity index (χ4n) is 1.64. The summed E-state index contributed by atoms with van der Waals surface area (Å²) < 4.78 is 5.43. The van der Waals surface area contributed by atoms with Crippen molar-refractivity contribution < 1.29 is 9.66 Å². The van der Waals surface area contributed by atoms with Crippen LogP contribution in [0.25, 0.3) is 0 Å². The average molecular weight is 306 g/mol. The third-order valence-electron chi connectivity index (χ3n) is 2.49. The minimum atomic E-state index is -0.465. The van der Waals surface area contributed by atoms with Gasteiger partial charge in [-0.25, -0.2) is 9.97 Å². The molecule has 0 unspecified atom stereocenters. The SMILES string of the molecule is Cc1cc(N)nc(SCCOc2ccccc2[N+](=O)[O-])n1. The van der Waals surface area contributed by atoms with Crippen molar-refractivity contribution in [1.82, 2.24) is 9.97 Å². The molecule has 0 fully saturated rings. The minimum Gasteiger partial charge on any atom is -0.486 e. The first-order valence-electron chi connectivity index (χ1n) is 6.16. The Morgan fingerprint density at radius 1 is 1.38 bits per heavy atom. The molecule has 110 valence electrons. The number of anilines is 1. The minimum absolute atomic E-state index is 0.0430. The first-order valence-corrected chi connectivity index (χ1v) is 7.15. The number of nitrogens with two attached hydrogens (primary N) is 1. The summed E-state index contributed by atoms with van der Waals surface area (Å²) in [5.74, 6) is 1.24. The number of benzene rings is 1. The third kappa shape index (κ3) is 4.32. The van der Waals surface area contributed by atoms with Crippen LogP contribution in [0, 0.1) is 17.0 Å². The highest BCUT2D eigenvalue weighted by atomic mass is 32.2. The number of nitrogens with zero attached hydrogens (tertiary/aromatic N) is 3. The standard InChI is InChI=1S/C13H14N4O3S/c1-9-8-12(14)16-13(15-9)21-7-6-20-11-5-3-2-4-10(11)17(18)19/h2-5,8H,6-7H2,1H3,(H2,14,15,16). The van der Waals surface area contributed by atoms with Crippen LogP contribution in [0.4, 0.5) is 11.5 Å². The van der Waals surface area contributed by atoms with Crippen molar-refractivity contribution >= 4 is 23.3 Å². The first kappa shape index (κ1) is 15.0. The monoisotopic (exact) mass is 306 g/mol. The lowest BCUT2D eigenvalue weighted by molar-refractivity contribution is -0.385. The molecule has 2 rings (SSSR count). The van der Waals surface area contributed by atoms with Gasteiger partial charge in [-0.05, 0) is 13.0 Å². The van der Waals surface area contributed by atoms with Gasteiger partial charge in [0.05, 0.1) is 11.5 Å². The van der Waals surface area contributed by atoms with Gasteiger partial charge in [-0.1, -0.05) is 23.9 Å². The zero-order chi connectivity index (χ0) is 15.2. The molecule has 0 aliphatic rings. The van der Waals surface area contributed by atoms with Gasteiger partial charge >= 0.3 is 5.69 Å². The van der Waals surface area contributed by atoms with Crippen molar-refractivity contribution in [3.05, 3.63) is 46.1 Å². The summed E-state index contributed by atoms with van der Waals surface area (Å²) in [5.41, 5.74) is 6.39. The zero-order valence-corrected chi connectivity index (χ0v) is 12.2. The van der Waals surface area contributed by atoms with Gasteiger partial charge in [-0.3, -0.25) is 10.1 Å². The predicted octanol–water partition coefficient (Wildman–Crippen LogP) is 2.45. The van der Waals surface area contributed by atoms with Gasteiger partial charge < -0.3 is 10.5 Å². The number of ether oxygens (including phenoxy) is 1. The Morgan fingerprint density at radius 2 is 2.14 bits per heavy atom. The molecule has 1 aromatic heterocycles. The summed E-state index contributed by atoms with van der Waals surface area (Å²) in [7, 11) is 0. The van der Waals surface area contributed by atoms with Crippen molar-refractivity contribution in [3.63, 3.8) is 0 Å². The number of nitro groups is 1. The Morgan fingerprint density at radius 3 is 2.86 bits per heavy atom. The molecule has 0 aliphatic carbocycles. The van der Waals surface area contributed by atoms with E-state index in [1.165, 1.54) is 17.8 Å². The van der Waals surface area contributed by atoms with E-state index in [2.05, 4.69) is 9.97 Å². The maximum atomic E-state index is 10.8. The van der Waals surface area contributed by atoms with Crippen LogP contribution in [-0.4, -0.2) is 27.3 Å². The maximum Gasteiger partial charge on any atom is 0.310 e. The van der Waals surface area contributed by atoms with Crippen LogP contribution in [-0.2, 0) is 0 Å². The fraction of sp³-hybridized carbons (Fsp3) is 0.231. The lowest BCUT2D eigenvalue weighted by Crippen LogP contribution is -2.04. The topological polar surface area (TPSA) is 104 Å². The van der Waals surface area contributed by atoms with Crippen molar-refractivity contribution in [2.24, 2.45) is 0 Å². The van der Waals surface area contributed by atoms with Gasteiger partial charge in [0.25, 0.3) is 0 Å². The van der Waals surface area contributed by atoms with Gasteiger partial charge in [0.1, 0.15) is 5.82 Å². The van der Waals surface area contributed by atoms with E-state index in [1.54, 1.807) is 24.3 Å². The average Bonchev–Trinajstić information content (AvgIpc) is 2.43. The van der Waals surface area contributed by atoms with Crippen LogP contribution in [0.3, 0.4) is 0 Å². The van der Waals surface area contributed by atoms with Crippen molar-refractivity contribution in [2.45, 2.75) is 12.1 Å². The second-order valence-electron chi connectivity index (χ2n) is 4.14. The van der Waals surface area contributed by atoms with Gasteiger partial charge in [-0.2, -0.15) is 0 Å². The van der Waals surface area contributed by atoms with E-state index >= 15 is 0 Å². The smallest absolute Gasteiger partial charge is 0.310 e. The molecule has 21 heavy (non-hydrogen) atoms. The summed E-state index contributed by atoms with van der Waals surface area (Å²) >= 11 is 1.39. The maximum absolute atomic E-state index is 10.8. The molecule has 8 heteroatoms. The van der Waals surface area contributed by atoms with E-state index < -0.39 is 4.92 Å². The van der Waals surface area contributed by atoms with E-state index in [0.29, 0.717) is 23.3 Å². The summed E-state index contributed by atoms with van der Waals surface area (Å²) in [6.07, 6.45) is 0. The van der Waals surface area contributed by atoms with Crippen LogP contribution in [0.15, 0.2) is 35.5 Å². The number of hydrogen-bond acceptors (Lipinski definition) is 7. The molecule has 2 aromatic rings. The number of rotatable bonds is 6. The quantitative estimate of drug-likeness (QED) is 0.287. The lowest BCUT2D eigenvalue weighted by Gasteiger charge is -2.06. The molecule has 0 spiro atoms. The van der Waals surface area contributed by atoms with Gasteiger partial charge in [0.15, 0.2) is 10.9 Å². The molecule has 1 aromatic carbocycles. The molecular formula is C13H14N4O3S. The molecule has 7 nitrogen and oxygen atoms in total. The number of para-hydroxylation sites is 2. The molecule has 1 heterocycles. The largest absolute Gasteiger partial charge is 0.486 e. The van der Waals surface area contributed by atoms with E-state index in [0.717, 1.165) is 5.69 Å². The highest BCUT2D eigenvalue weighted by Gasteiger charge is 2.13. The Kier molecular flexibility index (Phi) is 4.94. The Balaban J connectivity index is 1.89. The van der Waals surface area contributed by atoms with E-state index in [4.69, 9.17) is 10.5 Å². The van der Waals surface area contributed by atoms with Crippen molar-refractivity contribution in [3.8, 4) is 5.75 Å². The number of hydrogen-bond donors (Lipinski definition) is 1. The normalized spacial score (nSPS) is 10.3. The highest BCUT2D eigenvalue weighted by Crippen LogP contribution is 2.26. The van der Waals surface area contributed by atoms with Crippen LogP contribution in [0.2, 0.25) is 0 Å². The summed E-state index contributed by atoms with van der Waals surface area (Å²) in [6.45, 7) is 2.15. The molecule has 2 N–H and O–H groups in total. The lowest BCUT2D eigenvalue weighted by atomic mass is 10.3. The number of nitro benzene ring substituents is 1. The third-order valence-corrected chi connectivity index (χ3v) is 3.30. The molecule has 0 radical (unpaired) electrons. The Labute approximate surface area is 125 Å². The Bertz CT molecular complexity index is 631. The summed E-state index contributed by atoms with van der Waals surface area (Å²) in [4.78, 5) is 18.7. The van der Waals surface area contributed by atoms with Crippen LogP contribution >= 0.6 is 11.8 Å². The van der Waals surface area contributed by atoms with Crippen molar-refractivity contribution in [2.75, 3.05) is 18.1 Å². The molecule has 0 bridgehead atoms. The van der Waals surface area contributed by atoms with Gasteiger partial charge in [-0.15, -0.1) is 0 Å².